The van der Waals surface area contributed by atoms with Gasteiger partial charge in [0.05, 0.1) is 34.3 Å². The molecule has 34 heavy (non-hydrogen) atoms. The Morgan fingerprint density at radius 3 is 2.59 bits per heavy atom. The number of nitrogens with one attached hydrogen (secondary N) is 1. The number of carbonyl (C=O) groups is 3. The summed E-state index contributed by atoms with van der Waals surface area (Å²) in [6.45, 7) is 2.11. The minimum atomic E-state index is -0.556. The summed E-state index contributed by atoms with van der Waals surface area (Å²) >= 11 is 0.851. The quantitative estimate of drug-likeness (QED) is 0.363. The van der Waals surface area contributed by atoms with Crippen molar-refractivity contribution in [2.75, 3.05) is 44.3 Å². The number of benzene rings is 2. The van der Waals surface area contributed by atoms with E-state index in [0.29, 0.717) is 36.9 Å². The zero-order chi connectivity index (χ0) is 24.1. The first kappa shape index (κ1) is 23.5. The molecule has 176 valence electrons. The molecule has 0 saturated carbocycles. The Balaban J connectivity index is 1.43. The summed E-state index contributed by atoms with van der Waals surface area (Å²) in [4.78, 5) is 51.9. The van der Waals surface area contributed by atoms with E-state index in [2.05, 4.69) is 5.32 Å². The van der Waals surface area contributed by atoms with Crippen LogP contribution >= 0.6 is 11.8 Å². The van der Waals surface area contributed by atoms with Gasteiger partial charge in [0.1, 0.15) is 0 Å². The molecule has 2 aromatic carbocycles. The average Bonchev–Trinajstić information content (AvgIpc) is 3.12. The van der Waals surface area contributed by atoms with Gasteiger partial charge in [0.2, 0.25) is 0 Å². The van der Waals surface area contributed by atoms with Gasteiger partial charge in [0.25, 0.3) is 22.7 Å². The van der Waals surface area contributed by atoms with Crippen LogP contribution in [0.4, 0.5) is 16.2 Å². The number of nitro groups is 1. The molecule has 2 saturated heterocycles. The maximum atomic E-state index is 12.9. The van der Waals surface area contributed by atoms with Gasteiger partial charge in [0, 0.05) is 38.3 Å². The number of ether oxygens (including phenoxy) is 1. The standard InChI is InChI=1S/C23H22N4O6S/c28-21(18-15-17(27(31)32)6-7-19(18)25-10-12-33-13-11-25)24-8-9-26-22(29)20(34-23(26)30)14-16-4-2-1-3-5-16/h1-7,14-15H,8-13H2,(H,24,28)/b20-14+. The van der Waals surface area contributed by atoms with E-state index in [-0.39, 0.29) is 24.3 Å². The predicted octanol–water partition coefficient (Wildman–Crippen LogP) is 2.90. The molecule has 10 nitrogen and oxygen atoms in total. The Hall–Kier alpha value is -3.70. The van der Waals surface area contributed by atoms with Gasteiger partial charge in [-0.05, 0) is 29.5 Å². The summed E-state index contributed by atoms with van der Waals surface area (Å²) in [6, 6.07) is 13.4. The van der Waals surface area contributed by atoms with E-state index in [9.17, 15) is 24.5 Å². The van der Waals surface area contributed by atoms with E-state index in [1.807, 2.05) is 35.2 Å². The molecule has 0 unspecified atom stereocenters. The maximum Gasteiger partial charge on any atom is 0.293 e. The number of hydrogen-bond acceptors (Lipinski definition) is 8. The van der Waals surface area contributed by atoms with E-state index in [0.717, 1.165) is 22.2 Å². The van der Waals surface area contributed by atoms with Gasteiger partial charge >= 0.3 is 0 Å². The summed E-state index contributed by atoms with van der Waals surface area (Å²) in [7, 11) is 0. The van der Waals surface area contributed by atoms with E-state index in [4.69, 9.17) is 4.74 Å². The number of amides is 3. The van der Waals surface area contributed by atoms with Crippen molar-refractivity contribution in [1.82, 2.24) is 10.2 Å². The van der Waals surface area contributed by atoms with E-state index in [1.54, 1.807) is 12.1 Å². The molecule has 0 aliphatic carbocycles. The van der Waals surface area contributed by atoms with Crippen LogP contribution in [0.5, 0.6) is 0 Å². The van der Waals surface area contributed by atoms with Crippen molar-refractivity contribution in [3.05, 3.63) is 74.7 Å². The number of thioether (sulfide) groups is 1. The second-order valence-corrected chi connectivity index (χ2v) is 8.55. The number of morpholine rings is 1. The molecular formula is C23H22N4O6S. The fourth-order valence-electron chi connectivity index (χ4n) is 3.67. The fraction of sp³-hybridized carbons (Fsp3) is 0.261. The molecule has 2 heterocycles. The van der Waals surface area contributed by atoms with Gasteiger partial charge in [-0.3, -0.25) is 29.4 Å². The monoisotopic (exact) mass is 482 g/mol. The van der Waals surface area contributed by atoms with Crippen molar-refractivity contribution >= 4 is 46.3 Å². The van der Waals surface area contributed by atoms with Crippen molar-refractivity contribution in [3.63, 3.8) is 0 Å². The fourth-order valence-corrected chi connectivity index (χ4v) is 4.53. The maximum absolute atomic E-state index is 12.9. The van der Waals surface area contributed by atoms with Crippen LogP contribution in [0.25, 0.3) is 6.08 Å². The first-order valence-corrected chi connectivity index (χ1v) is 11.5. The molecule has 0 atom stereocenters. The number of hydrogen-bond donors (Lipinski definition) is 1. The average molecular weight is 483 g/mol. The Kier molecular flexibility index (Phi) is 7.24. The van der Waals surface area contributed by atoms with E-state index < -0.39 is 22.0 Å². The molecule has 0 radical (unpaired) electrons. The Bertz CT molecular complexity index is 1150. The number of anilines is 1. The van der Waals surface area contributed by atoms with Crippen LogP contribution in [-0.4, -0.2) is 66.3 Å². The van der Waals surface area contributed by atoms with Crippen molar-refractivity contribution in [3.8, 4) is 0 Å². The first-order valence-electron chi connectivity index (χ1n) is 10.6. The van der Waals surface area contributed by atoms with Gasteiger partial charge in [-0.15, -0.1) is 0 Å². The second-order valence-electron chi connectivity index (χ2n) is 7.56. The lowest BCUT2D eigenvalue weighted by molar-refractivity contribution is -0.384. The minimum Gasteiger partial charge on any atom is -0.378 e. The summed E-state index contributed by atoms with van der Waals surface area (Å²) < 4.78 is 5.35. The number of nitro benzene ring substituents is 1. The van der Waals surface area contributed by atoms with Crippen LogP contribution in [0.2, 0.25) is 0 Å². The van der Waals surface area contributed by atoms with Gasteiger partial charge in [0.15, 0.2) is 0 Å². The van der Waals surface area contributed by atoms with Gasteiger partial charge in [-0.25, -0.2) is 0 Å². The van der Waals surface area contributed by atoms with Crippen molar-refractivity contribution in [2.45, 2.75) is 0 Å². The van der Waals surface area contributed by atoms with Crippen LogP contribution in [0.15, 0.2) is 53.4 Å². The van der Waals surface area contributed by atoms with Crippen LogP contribution in [0.3, 0.4) is 0 Å². The Labute approximate surface area is 199 Å². The van der Waals surface area contributed by atoms with Gasteiger partial charge in [-0.1, -0.05) is 30.3 Å². The molecule has 2 fully saturated rings. The predicted molar refractivity (Wildman–Crippen MR) is 128 cm³/mol. The normalized spacial score (nSPS) is 17.4. The molecular weight excluding hydrogens is 460 g/mol. The van der Waals surface area contributed by atoms with Crippen molar-refractivity contribution < 1.29 is 24.0 Å². The first-order chi connectivity index (χ1) is 16.4. The minimum absolute atomic E-state index is 0.00957. The second kappa shape index (κ2) is 10.5. The smallest absolute Gasteiger partial charge is 0.293 e. The largest absolute Gasteiger partial charge is 0.378 e. The third-order valence-electron chi connectivity index (χ3n) is 5.38. The Morgan fingerprint density at radius 2 is 1.88 bits per heavy atom. The molecule has 2 aromatic rings. The molecule has 2 aliphatic rings. The van der Waals surface area contributed by atoms with Crippen LogP contribution in [0, 0.1) is 10.1 Å². The molecule has 0 spiro atoms. The highest BCUT2D eigenvalue weighted by atomic mass is 32.2. The summed E-state index contributed by atoms with van der Waals surface area (Å²) in [5.74, 6) is -0.936. The van der Waals surface area contributed by atoms with E-state index in [1.165, 1.54) is 12.1 Å². The molecule has 0 bridgehead atoms. The molecule has 11 heteroatoms. The number of imide groups is 1. The highest BCUT2D eigenvalue weighted by Crippen LogP contribution is 2.32. The van der Waals surface area contributed by atoms with Crippen LogP contribution in [-0.2, 0) is 9.53 Å². The lowest BCUT2D eigenvalue weighted by Gasteiger charge is -2.30. The lowest BCUT2D eigenvalue weighted by atomic mass is 10.1. The highest BCUT2D eigenvalue weighted by Gasteiger charge is 2.34. The number of rotatable bonds is 7. The van der Waals surface area contributed by atoms with Crippen LogP contribution in [0.1, 0.15) is 15.9 Å². The SMILES string of the molecule is O=C(NCCN1C(=O)S/C(=C/c2ccccc2)C1=O)c1cc([N+](=O)[O-])ccc1N1CCOCC1. The summed E-state index contributed by atoms with van der Waals surface area (Å²) in [5, 5.41) is 13.5. The zero-order valence-corrected chi connectivity index (χ0v) is 19.0. The van der Waals surface area contributed by atoms with Crippen LogP contribution < -0.4 is 10.2 Å². The summed E-state index contributed by atoms with van der Waals surface area (Å²) in [6.07, 6.45) is 1.65. The molecule has 4 rings (SSSR count). The number of non-ortho nitro benzene ring substituents is 1. The topological polar surface area (TPSA) is 122 Å². The Morgan fingerprint density at radius 1 is 1.15 bits per heavy atom. The molecule has 2 aliphatic heterocycles. The molecule has 0 aromatic heterocycles. The zero-order valence-electron chi connectivity index (χ0n) is 18.1. The summed E-state index contributed by atoms with van der Waals surface area (Å²) in [5.41, 5.74) is 1.35. The van der Waals surface area contributed by atoms with Crippen molar-refractivity contribution in [2.24, 2.45) is 0 Å². The number of nitrogens with zero attached hydrogens (tertiary/aromatic N) is 3. The third-order valence-corrected chi connectivity index (χ3v) is 6.29. The lowest BCUT2D eigenvalue weighted by Crippen LogP contribution is -2.39. The number of carbonyl (C=O) groups excluding carboxylic acids is 3. The van der Waals surface area contributed by atoms with Gasteiger partial charge < -0.3 is 15.0 Å². The van der Waals surface area contributed by atoms with Gasteiger partial charge in [-0.2, -0.15) is 0 Å². The highest BCUT2D eigenvalue weighted by molar-refractivity contribution is 8.18. The third kappa shape index (κ3) is 5.26. The van der Waals surface area contributed by atoms with Crippen molar-refractivity contribution in [1.29, 1.82) is 0 Å². The van der Waals surface area contributed by atoms with E-state index >= 15 is 0 Å². The molecule has 3 amide bonds. The molecule has 1 N–H and O–H groups in total.